The lowest BCUT2D eigenvalue weighted by Gasteiger charge is -2.22. The number of nitrogens with zero attached hydrogens (tertiary/aromatic N) is 3. The Morgan fingerprint density at radius 1 is 0.766 bits per heavy atom. The maximum atomic E-state index is 13.4. The molecule has 0 aliphatic carbocycles. The van der Waals surface area contributed by atoms with Gasteiger partial charge in [0.05, 0.1) is 0 Å². The van der Waals surface area contributed by atoms with Crippen LogP contribution in [0.15, 0.2) is 72.8 Å². The van der Waals surface area contributed by atoms with E-state index in [1.54, 1.807) is 30.3 Å². The number of nitrogens with one attached hydrogen (secondary N) is 4. The average Bonchev–Trinajstić information content (AvgIpc) is 3.63. The van der Waals surface area contributed by atoms with Crippen LogP contribution in [-0.2, 0) is 7.05 Å². The highest BCUT2D eigenvalue weighted by Gasteiger charge is 2.16. The van der Waals surface area contributed by atoms with Gasteiger partial charge in [0.15, 0.2) is 0 Å². The first kappa shape index (κ1) is 33.8. The fourth-order valence-corrected chi connectivity index (χ4v) is 5.87. The Hall–Kier alpha value is -4.51. The van der Waals surface area contributed by atoms with E-state index in [0.717, 1.165) is 40.5 Å². The van der Waals surface area contributed by atoms with Crippen molar-refractivity contribution in [1.82, 2.24) is 19.8 Å². The number of carbonyl (C=O) groups is 3. The molecule has 0 aliphatic rings. The van der Waals surface area contributed by atoms with Gasteiger partial charge in [-0.3, -0.25) is 14.4 Å². The Bertz CT molecular complexity index is 1880. The van der Waals surface area contributed by atoms with E-state index in [1.807, 2.05) is 68.2 Å². The summed E-state index contributed by atoms with van der Waals surface area (Å²) in [5.74, 6) is 0.278. The standard InChI is InChI=1S/C35H39Cl2N7O3/c1-42(2)16-4-15-38-34(46)30-21-24-19-26(7-11-29(24)41-30)40-35(47)32-22-25-20-27(8-12-31(25)43(32)3)39-33(45)23-5-9-28(10-6-23)44(17-13-36)18-14-37/h5-12,19-22,41H,4,13-18H2,1-3H3,(H,38,46)(H,39,45)(H,40,47). The molecule has 2 heterocycles. The summed E-state index contributed by atoms with van der Waals surface area (Å²) in [6.45, 7) is 2.81. The molecule has 0 saturated heterocycles. The summed E-state index contributed by atoms with van der Waals surface area (Å²) in [5, 5.41) is 10.5. The number of halogens is 2. The Morgan fingerprint density at radius 2 is 1.43 bits per heavy atom. The second-order valence-corrected chi connectivity index (χ2v) is 12.3. The van der Waals surface area contributed by atoms with Crippen LogP contribution in [0.25, 0.3) is 21.8 Å². The van der Waals surface area contributed by atoms with Crippen LogP contribution in [-0.4, -0.2) is 84.2 Å². The molecule has 0 saturated carbocycles. The van der Waals surface area contributed by atoms with E-state index in [9.17, 15) is 14.4 Å². The number of fused-ring (bicyclic) bond motifs is 2. The summed E-state index contributed by atoms with van der Waals surface area (Å²) in [7, 11) is 5.82. The summed E-state index contributed by atoms with van der Waals surface area (Å²) in [6, 6.07) is 21.9. The van der Waals surface area contributed by atoms with Crippen molar-refractivity contribution in [2.24, 2.45) is 7.05 Å². The second kappa shape index (κ2) is 15.4. The van der Waals surface area contributed by atoms with Gasteiger partial charge < -0.3 is 35.3 Å². The lowest BCUT2D eigenvalue weighted by atomic mass is 10.1. The van der Waals surface area contributed by atoms with Gasteiger partial charge in [0.1, 0.15) is 11.4 Å². The smallest absolute Gasteiger partial charge is 0.272 e. The SMILES string of the molecule is CN(C)CCCNC(=O)c1cc2cc(NC(=O)c3cc4cc(NC(=O)c5ccc(N(CCCl)CCCl)cc5)ccc4n3C)ccc2[nH]1. The third kappa shape index (κ3) is 8.26. The zero-order valence-electron chi connectivity index (χ0n) is 26.7. The van der Waals surface area contributed by atoms with Crippen LogP contribution in [0.2, 0.25) is 0 Å². The monoisotopic (exact) mass is 675 g/mol. The molecule has 0 spiro atoms. The average molecular weight is 677 g/mol. The Kier molecular flexibility index (Phi) is 11.1. The van der Waals surface area contributed by atoms with Crippen molar-refractivity contribution in [1.29, 1.82) is 0 Å². The van der Waals surface area contributed by atoms with Crippen molar-refractivity contribution >= 4 is 79.8 Å². The number of carbonyl (C=O) groups excluding carboxylic acids is 3. The molecule has 0 unspecified atom stereocenters. The number of H-pyrrole nitrogens is 1. The third-order valence-electron chi connectivity index (χ3n) is 7.93. The van der Waals surface area contributed by atoms with Gasteiger partial charge in [-0.2, -0.15) is 0 Å². The van der Waals surface area contributed by atoms with E-state index < -0.39 is 0 Å². The van der Waals surface area contributed by atoms with Crippen LogP contribution >= 0.6 is 23.2 Å². The summed E-state index contributed by atoms with van der Waals surface area (Å²) >= 11 is 11.8. The van der Waals surface area contributed by atoms with Crippen molar-refractivity contribution in [3.05, 3.63) is 89.7 Å². The zero-order valence-corrected chi connectivity index (χ0v) is 28.2. The van der Waals surface area contributed by atoms with Crippen molar-refractivity contribution in [3.63, 3.8) is 0 Å². The highest BCUT2D eigenvalue weighted by Crippen LogP contribution is 2.26. The summed E-state index contributed by atoms with van der Waals surface area (Å²) in [4.78, 5) is 46.3. The molecule has 0 radical (unpaired) electrons. The molecule has 0 atom stereocenters. The van der Waals surface area contributed by atoms with Gasteiger partial charge in [-0.1, -0.05) is 0 Å². The fourth-order valence-electron chi connectivity index (χ4n) is 5.47. The molecule has 5 aromatic rings. The topological polar surface area (TPSA) is 114 Å². The van der Waals surface area contributed by atoms with Crippen molar-refractivity contribution in [3.8, 4) is 0 Å². The van der Waals surface area contributed by atoms with Gasteiger partial charge in [-0.05, 0) is 99.9 Å². The highest BCUT2D eigenvalue weighted by molar-refractivity contribution is 6.18. The van der Waals surface area contributed by atoms with E-state index in [1.165, 1.54) is 0 Å². The Labute approximate surface area is 284 Å². The normalized spacial score (nSPS) is 11.3. The minimum Gasteiger partial charge on any atom is -0.369 e. The van der Waals surface area contributed by atoms with Gasteiger partial charge in [-0.25, -0.2) is 0 Å². The highest BCUT2D eigenvalue weighted by atomic mass is 35.5. The fraction of sp³-hybridized carbons (Fsp3) is 0.286. The number of alkyl halides is 2. The molecular formula is C35H39Cl2N7O3. The van der Waals surface area contributed by atoms with Crippen molar-refractivity contribution in [2.45, 2.75) is 6.42 Å². The minimum absolute atomic E-state index is 0.165. The van der Waals surface area contributed by atoms with E-state index >= 15 is 0 Å². The van der Waals surface area contributed by atoms with Gasteiger partial charge >= 0.3 is 0 Å². The lowest BCUT2D eigenvalue weighted by Crippen LogP contribution is -2.27. The lowest BCUT2D eigenvalue weighted by molar-refractivity contribution is 0.0946. The molecule has 0 fully saturated rings. The zero-order chi connectivity index (χ0) is 33.5. The van der Waals surface area contributed by atoms with E-state index in [2.05, 4.69) is 30.7 Å². The van der Waals surface area contributed by atoms with Crippen LogP contribution in [0.3, 0.4) is 0 Å². The number of anilines is 3. The Morgan fingerprint density at radius 3 is 2.11 bits per heavy atom. The van der Waals surface area contributed by atoms with Gasteiger partial charge in [0.25, 0.3) is 17.7 Å². The van der Waals surface area contributed by atoms with Crippen LogP contribution in [0, 0.1) is 0 Å². The number of rotatable bonds is 14. The number of benzene rings is 3. The number of amides is 3. The van der Waals surface area contributed by atoms with E-state index in [0.29, 0.717) is 59.7 Å². The van der Waals surface area contributed by atoms with Gasteiger partial charge in [-0.15, -0.1) is 23.2 Å². The van der Waals surface area contributed by atoms with Crippen LogP contribution in [0.4, 0.5) is 17.1 Å². The minimum atomic E-state index is -0.277. The first-order valence-corrected chi connectivity index (χ1v) is 16.5. The van der Waals surface area contributed by atoms with Crippen molar-refractivity contribution < 1.29 is 14.4 Å². The molecule has 246 valence electrons. The molecule has 0 aliphatic heterocycles. The first-order chi connectivity index (χ1) is 22.7. The molecule has 10 nitrogen and oxygen atoms in total. The second-order valence-electron chi connectivity index (χ2n) is 11.6. The maximum absolute atomic E-state index is 13.4. The summed E-state index contributed by atoms with van der Waals surface area (Å²) < 4.78 is 1.82. The molecule has 5 rings (SSSR count). The Balaban J connectivity index is 1.24. The molecule has 47 heavy (non-hydrogen) atoms. The third-order valence-corrected chi connectivity index (χ3v) is 8.27. The molecule has 3 amide bonds. The predicted octanol–water partition coefficient (Wildman–Crippen LogP) is 6.13. The molecule has 12 heteroatoms. The van der Waals surface area contributed by atoms with Crippen LogP contribution in [0.5, 0.6) is 0 Å². The summed E-state index contributed by atoms with van der Waals surface area (Å²) in [6.07, 6.45) is 0.860. The van der Waals surface area contributed by atoms with Crippen LogP contribution < -0.4 is 20.9 Å². The maximum Gasteiger partial charge on any atom is 0.272 e. The molecular weight excluding hydrogens is 637 g/mol. The number of hydrogen-bond acceptors (Lipinski definition) is 5. The van der Waals surface area contributed by atoms with E-state index in [4.69, 9.17) is 23.2 Å². The number of aromatic amines is 1. The number of aromatic nitrogens is 2. The van der Waals surface area contributed by atoms with Gasteiger partial charge in [0.2, 0.25) is 0 Å². The van der Waals surface area contributed by atoms with Gasteiger partial charge in [0, 0.05) is 82.9 Å². The molecule has 2 aromatic heterocycles. The molecule has 3 aromatic carbocycles. The quantitative estimate of drug-likeness (QED) is 0.0835. The molecule has 4 N–H and O–H groups in total. The molecule has 0 bridgehead atoms. The first-order valence-electron chi connectivity index (χ1n) is 15.4. The number of hydrogen-bond donors (Lipinski definition) is 4. The number of aryl methyl sites for hydroxylation is 1. The van der Waals surface area contributed by atoms with E-state index in [-0.39, 0.29) is 17.7 Å². The van der Waals surface area contributed by atoms with Crippen molar-refractivity contribution in [2.75, 3.05) is 67.6 Å². The predicted molar refractivity (Wildman–Crippen MR) is 193 cm³/mol. The largest absolute Gasteiger partial charge is 0.369 e. The summed E-state index contributed by atoms with van der Waals surface area (Å²) in [5.41, 5.74) is 5.27. The van der Waals surface area contributed by atoms with Crippen LogP contribution in [0.1, 0.15) is 37.8 Å².